The Bertz CT molecular complexity index is 3690. The summed E-state index contributed by atoms with van der Waals surface area (Å²) in [4.78, 5) is 9.76. The number of benzene rings is 6. The highest BCUT2D eigenvalue weighted by molar-refractivity contribution is 5.97. The molecule has 0 atom stereocenters. The van der Waals surface area contributed by atoms with Crippen molar-refractivity contribution in [3.05, 3.63) is 166 Å². The average Bonchev–Trinajstić information content (AvgIpc) is 3.73. The van der Waals surface area contributed by atoms with Gasteiger partial charge < -0.3 is 5.11 Å². The number of hydrogen-bond donors (Lipinski definition) is 1. The van der Waals surface area contributed by atoms with Gasteiger partial charge in [0.05, 0.1) is 37.6 Å². The van der Waals surface area contributed by atoms with E-state index in [1.807, 2.05) is 96.1 Å². The number of nitrogens with zero attached hydrogens (tertiary/aromatic N) is 3. The lowest BCUT2D eigenvalue weighted by atomic mass is 9.83. The maximum absolute atomic E-state index is 12.1. The lowest BCUT2D eigenvalue weighted by Gasteiger charge is -2.22. The van der Waals surface area contributed by atoms with Crippen LogP contribution >= 0.6 is 0 Å². The number of aryl methyl sites for hydroxylation is 2. The summed E-state index contributed by atoms with van der Waals surface area (Å²) in [5.74, 6) is -1.89. The Kier molecular flexibility index (Phi) is 7.43. The Morgan fingerprint density at radius 1 is 0.635 bits per heavy atom. The number of phenolic OH excluding ortho intramolecular Hbond substituents is 1. The van der Waals surface area contributed by atoms with E-state index < -0.39 is 90.0 Å². The van der Waals surface area contributed by atoms with Crippen molar-refractivity contribution < 1.29 is 25.7 Å². The van der Waals surface area contributed by atoms with Crippen LogP contribution < -0.4 is 0 Å². The summed E-state index contributed by atoms with van der Waals surface area (Å²) in [7, 11) is 0. The molecule has 0 spiro atoms. The monoisotopic (exact) mass is 845 g/mol. The highest BCUT2D eigenvalue weighted by Gasteiger charge is 2.26. The fourth-order valence-corrected chi connectivity index (χ4v) is 7.79. The van der Waals surface area contributed by atoms with E-state index >= 15 is 0 Å². The van der Waals surface area contributed by atoms with Crippen molar-refractivity contribution in [2.45, 2.75) is 112 Å². The molecule has 2 heterocycles. The smallest absolute Gasteiger partial charge is 0.149 e. The minimum Gasteiger partial charge on any atom is -0.507 e. The van der Waals surface area contributed by atoms with Gasteiger partial charge in [-0.25, -0.2) is 4.98 Å². The molecule has 0 aliphatic carbocycles. The molecule has 0 aliphatic heterocycles. The Morgan fingerprint density at radius 3 is 1.97 bits per heavy atom. The van der Waals surface area contributed by atoms with Crippen molar-refractivity contribution in [3.8, 4) is 67.5 Å². The summed E-state index contributed by atoms with van der Waals surface area (Å²) in [6.07, 6.45) is -0.627. The highest BCUT2D eigenvalue weighted by Crippen LogP contribution is 2.43. The van der Waals surface area contributed by atoms with E-state index in [1.165, 1.54) is 0 Å². The standard InChI is InChI=1S/C59H63N3O/c1-35(2)43-27-44(36(3)4)29-45(28-43)41-21-22-53(38(6)25-41)62-54-16-14-15-50(55(54)61-57(62)51-34-48(58(8,9)10)26-39(7)56(51)63)46-30-47(32-49(31-46)59(11,12)13)52-33-42(23-24-60-52)40-19-17-37(5)18-20-40/h14-36,63H,1-13H3/i5D3,6D3,17D,18D,19D,20D,23D,24D,33D,35D,36D. The van der Waals surface area contributed by atoms with Crippen LogP contribution in [0.1, 0.15) is 141 Å². The van der Waals surface area contributed by atoms with Crippen molar-refractivity contribution in [1.29, 1.82) is 0 Å². The van der Waals surface area contributed by atoms with E-state index in [2.05, 4.69) is 4.98 Å². The van der Waals surface area contributed by atoms with Gasteiger partial charge in [0, 0.05) is 28.3 Å². The summed E-state index contributed by atoms with van der Waals surface area (Å²) in [5, 5.41) is 12.1. The summed E-state index contributed by atoms with van der Waals surface area (Å²) >= 11 is 0. The quantitative estimate of drug-likeness (QED) is 0.166. The third kappa shape index (κ3) is 8.61. The average molecular weight is 845 g/mol. The van der Waals surface area contributed by atoms with E-state index in [0.29, 0.717) is 61.1 Å². The van der Waals surface area contributed by atoms with Crippen LogP contribution in [0.25, 0.3) is 72.7 Å². The lowest BCUT2D eigenvalue weighted by Crippen LogP contribution is -2.12. The first-order valence-corrected chi connectivity index (χ1v) is 21.1. The SMILES string of the molecule is [2H]c1nc(-c2cc(-c3cccc4c3nc(-c3cc(C(C)(C)C)cc(C)c3O)n4-c3ccc(-c4cc(C([2H])(C)C)cc(C([2H])(C)C)c4)cc3C([2H])([2H])[2H])cc(C(C)(C)C)c2)c([2H])c(-c2c([2H])c([2H])c(C([2H])([2H])[2H])c([2H])c2[2H])c1[2H]. The summed E-state index contributed by atoms with van der Waals surface area (Å²) in [6, 6.07) is 21.0. The number of aromatic hydroxyl groups is 1. The van der Waals surface area contributed by atoms with Crippen LogP contribution in [0, 0.1) is 20.6 Å². The van der Waals surface area contributed by atoms with Crippen LogP contribution in [0.5, 0.6) is 5.75 Å². The van der Waals surface area contributed by atoms with Gasteiger partial charge in [0.25, 0.3) is 0 Å². The molecular formula is C59H63N3O. The zero-order valence-corrected chi connectivity index (χ0v) is 37.9. The van der Waals surface area contributed by atoms with Crippen LogP contribution in [-0.2, 0) is 10.8 Å². The van der Waals surface area contributed by atoms with Gasteiger partial charge in [-0.3, -0.25) is 9.55 Å². The Hall–Kier alpha value is -6.26. The van der Waals surface area contributed by atoms with Crippen molar-refractivity contribution in [2.75, 3.05) is 0 Å². The molecule has 4 heteroatoms. The number of pyridine rings is 1. The maximum Gasteiger partial charge on any atom is 0.149 e. The van der Waals surface area contributed by atoms with E-state index in [0.717, 1.165) is 11.1 Å². The molecule has 8 aromatic rings. The predicted molar refractivity (Wildman–Crippen MR) is 267 cm³/mol. The molecule has 0 amide bonds. The fraction of sp³-hybridized carbons (Fsp3) is 0.288. The molecule has 0 aliphatic rings. The highest BCUT2D eigenvalue weighted by atomic mass is 16.3. The minimum absolute atomic E-state index is 0.0305. The number of rotatable bonds is 8. The molecule has 8 rings (SSSR count). The first-order valence-electron chi connectivity index (χ1n) is 28.6. The number of para-hydroxylation sites is 1. The van der Waals surface area contributed by atoms with Gasteiger partial charge in [0.2, 0.25) is 0 Å². The van der Waals surface area contributed by atoms with Crippen LogP contribution in [0.15, 0.2) is 127 Å². The van der Waals surface area contributed by atoms with E-state index in [-0.39, 0.29) is 33.9 Å². The van der Waals surface area contributed by atoms with Gasteiger partial charge in [-0.2, -0.15) is 0 Å². The molecule has 2 aromatic heterocycles. The number of aromatic nitrogens is 3. The first kappa shape index (κ1) is 28.4. The minimum atomic E-state index is -3.00. The van der Waals surface area contributed by atoms with Gasteiger partial charge in [0.15, 0.2) is 0 Å². The Labute approximate surface area is 396 Å². The topological polar surface area (TPSA) is 50.9 Å². The predicted octanol–water partition coefficient (Wildman–Crippen LogP) is 16.2. The summed E-state index contributed by atoms with van der Waals surface area (Å²) < 4.78 is 133. The molecule has 0 fully saturated rings. The van der Waals surface area contributed by atoms with Crippen molar-refractivity contribution in [2.24, 2.45) is 0 Å². The third-order valence-electron chi connectivity index (χ3n) is 11.6. The second kappa shape index (κ2) is 16.5. The van der Waals surface area contributed by atoms with E-state index in [1.54, 1.807) is 69.5 Å². The molecule has 1 N–H and O–H groups in total. The number of imidazole rings is 1. The van der Waals surface area contributed by atoms with Gasteiger partial charge in [-0.1, -0.05) is 148 Å². The first-order chi connectivity index (χ1) is 35.7. The number of fused-ring (bicyclic) bond motifs is 1. The molecule has 4 nitrogen and oxygen atoms in total. The normalized spacial score (nSPS) is 16.4. The number of hydrogen-bond acceptors (Lipinski definition) is 3. The van der Waals surface area contributed by atoms with Gasteiger partial charge in [-0.05, 0) is 153 Å². The van der Waals surface area contributed by atoms with Crippen molar-refractivity contribution in [1.82, 2.24) is 14.5 Å². The molecule has 0 saturated carbocycles. The maximum atomic E-state index is 12.1. The van der Waals surface area contributed by atoms with Crippen molar-refractivity contribution in [3.63, 3.8) is 0 Å². The van der Waals surface area contributed by atoms with Gasteiger partial charge >= 0.3 is 0 Å². The second-order valence-electron chi connectivity index (χ2n) is 18.9. The molecule has 320 valence electrons. The van der Waals surface area contributed by atoms with Crippen LogP contribution in [0.4, 0.5) is 0 Å². The van der Waals surface area contributed by atoms with E-state index in [4.69, 9.17) is 24.2 Å². The molecule has 0 unspecified atom stereocenters. The molecule has 63 heavy (non-hydrogen) atoms. The largest absolute Gasteiger partial charge is 0.507 e. The zero-order chi connectivity index (χ0) is 58.1. The Balaban J connectivity index is 1.45. The van der Waals surface area contributed by atoms with Crippen LogP contribution in [-0.4, -0.2) is 19.6 Å². The third-order valence-corrected chi connectivity index (χ3v) is 11.6. The summed E-state index contributed by atoms with van der Waals surface area (Å²) in [6.45, 7) is 15.2. The molecule has 0 bridgehead atoms. The molecule has 0 radical (unpaired) electrons. The van der Waals surface area contributed by atoms with Crippen LogP contribution in [0.2, 0.25) is 0 Å². The Morgan fingerprint density at radius 2 is 1.32 bits per heavy atom. The fourth-order valence-electron chi connectivity index (χ4n) is 7.79. The molecule has 6 aromatic carbocycles. The summed E-state index contributed by atoms with van der Waals surface area (Å²) in [5.41, 5.74) is 4.72. The number of phenols is 1. The van der Waals surface area contributed by atoms with Crippen molar-refractivity contribution >= 4 is 11.0 Å². The molecule has 0 saturated heterocycles. The van der Waals surface area contributed by atoms with Crippen LogP contribution in [0.3, 0.4) is 0 Å². The van der Waals surface area contributed by atoms with Gasteiger partial charge in [-0.15, -0.1) is 0 Å². The molecular weight excluding hydrogens is 767 g/mol. The lowest BCUT2D eigenvalue weighted by molar-refractivity contribution is 0.471. The van der Waals surface area contributed by atoms with Gasteiger partial charge in [0.1, 0.15) is 11.6 Å². The zero-order valence-electron chi connectivity index (χ0n) is 52.9. The van der Waals surface area contributed by atoms with E-state index in [9.17, 15) is 6.48 Å². The second-order valence-corrected chi connectivity index (χ2v) is 18.9.